The van der Waals surface area contributed by atoms with Gasteiger partial charge in [0.05, 0.1) is 5.57 Å². The number of halogens is 1. The fourth-order valence-corrected chi connectivity index (χ4v) is 2.53. The summed E-state index contributed by atoms with van der Waals surface area (Å²) in [6, 6.07) is 5.83. The van der Waals surface area contributed by atoms with Crippen LogP contribution < -0.4 is 5.32 Å². The predicted octanol–water partition coefficient (Wildman–Crippen LogP) is 1.98. The van der Waals surface area contributed by atoms with Crippen LogP contribution in [0.3, 0.4) is 0 Å². The molecule has 0 saturated heterocycles. The summed E-state index contributed by atoms with van der Waals surface area (Å²) in [4.78, 5) is 22.9. The maximum absolute atomic E-state index is 11.7. The van der Waals surface area contributed by atoms with E-state index in [0.717, 1.165) is 20.9 Å². The summed E-state index contributed by atoms with van der Waals surface area (Å²) in [5, 5.41) is 3.22. The van der Waals surface area contributed by atoms with E-state index in [-0.39, 0.29) is 11.8 Å². The number of nitrogens with one attached hydrogen (secondary N) is 1. The monoisotopic (exact) mass is 304 g/mol. The van der Waals surface area contributed by atoms with Gasteiger partial charge in [0.1, 0.15) is 0 Å². The Balaban J connectivity index is 2.28. The highest BCUT2D eigenvalue weighted by atomic mass is 79.9. The van der Waals surface area contributed by atoms with Crippen molar-refractivity contribution in [2.24, 2.45) is 7.05 Å². The quantitative estimate of drug-likeness (QED) is 0.819. The first kappa shape index (κ1) is 11.2. The lowest BCUT2D eigenvalue weighted by molar-refractivity contribution is -0.123. The van der Waals surface area contributed by atoms with Gasteiger partial charge in [-0.05, 0) is 12.1 Å². The predicted molar refractivity (Wildman–Crippen MR) is 71.7 cm³/mol. The number of amides is 2. The van der Waals surface area contributed by atoms with Crippen LogP contribution in [0, 0.1) is 0 Å². The largest absolute Gasteiger partial charge is 0.350 e. The van der Waals surface area contributed by atoms with Crippen molar-refractivity contribution in [1.29, 1.82) is 0 Å². The van der Waals surface area contributed by atoms with Gasteiger partial charge in [-0.3, -0.25) is 14.9 Å². The van der Waals surface area contributed by atoms with E-state index >= 15 is 0 Å². The summed E-state index contributed by atoms with van der Waals surface area (Å²) in [6.07, 6.45) is 3.21. The molecular formula is C13H9BrN2O2. The van der Waals surface area contributed by atoms with Crippen LogP contribution in [0.4, 0.5) is 0 Å². The van der Waals surface area contributed by atoms with Gasteiger partial charge in [0.25, 0.3) is 11.8 Å². The van der Waals surface area contributed by atoms with Gasteiger partial charge < -0.3 is 4.57 Å². The second kappa shape index (κ2) is 3.81. The zero-order valence-corrected chi connectivity index (χ0v) is 11.1. The Kier molecular flexibility index (Phi) is 2.38. The molecule has 90 valence electrons. The van der Waals surface area contributed by atoms with E-state index < -0.39 is 0 Å². The average molecular weight is 305 g/mol. The molecule has 5 heteroatoms. The van der Waals surface area contributed by atoms with Crippen LogP contribution in [0.5, 0.6) is 0 Å². The molecule has 0 fully saturated rings. The first-order chi connectivity index (χ1) is 8.56. The van der Waals surface area contributed by atoms with Crippen molar-refractivity contribution in [2.45, 2.75) is 0 Å². The number of rotatable bonds is 1. The van der Waals surface area contributed by atoms with Crippen LogP contribution in [-0.2, 0) is 16.6 Å². The van der Waals surface area contributed by atoms with Gasteiger partial charge in [-0.15, -0.1) is 0 Å². The van der Waals surface area contributed by atoms with Gasteiger partial charge >= 0.3 is 0 Å². The molecule has 2 amide bonds. The minimum absolute atomic E-state index is 0.338. The van der Waals surface area contributed by atoms with Crippen molar-refractivity contribution in [1.82, 2.24) is 9.88 Å². The molecule has 0 radical (unpaired) electrons. The molecule has 0 atom stereocenters. The lowest BCUT2D eigenvalue weighted by atomic mass is 10.1. The first-order valence-electron chi connectivity index (χ1n) is 5.38. The van der Waals surface area contributed by atoms with Crippen molar-refractivity contribution in [3.8, 4) is 0 Å². The average Bonchev–Trinajstić information content (AvgIpc) is 2.80. The molecule has 2 heterocycles. The summed E-state index contributed by atoms with van der Waals surface area (Å²) in [5.74, 6) is -0.695. The molecule has 0 aliphatic carbocycles. The van der Waals surface area contributed by atoms with E-state index in [4.69, 9.17) is 0 Å². The first-order valence-corrected chi connectivity index (χ1v) is 6.17. The molecule has 0 unspecified atom stereocenters. The number of hydrogen-bond donors (Lipinski definition) is 1. The zero-order chi connectivity index (χ0) is 12.9. The van der Waals surface area contributed by atoms with E-state index in [1.165, 1.54) is 6.08 Å². The van der Waals surface area contributed by atoms with Crippen LogP contribution in [0.1, 0.15) is 5.56 Å². The number of aromatic nitrogens is 1. The molecule has 1 aromatic carbocycles. The molecule has 18 heavy (non-hydrogen) atoms. The Morgan fingerprint density at radius 3 is 2.72 bits per heavy atom. The topological polar surface area (TPSA) is 51.1 Å². The van der Waals surface area contributed by atoms with Gasteiger partial charge in [-0.1, -0.05) is 22.0 Å². The third kappa shape index (κ3) is 1.59. The van der Waals surface area contributed by atoms with Crippen molar-refractivity contribution < 1.29 is 9.59 Å². The molecule has 1 aliphatic rings. The standard InChI is InChI=1S/C13H9BrN2O2/c1-16-6-10(9-5-12(17)15-13(9)18)8-3-2-7(14)4-11(8)16/h2-6H,1H3,(H,15,17,18). The Labute approximate surface area is 111 Å². The van der Waals surface area contributed by atoms with Gasteiger partial charge in [0, 0.05) is 40.3 Å². The smallest absolute Gasteiger partial charge is 0.258 e. The van der Waals surface area contributed by atoms with Crippen molar-refractivity contribution >= 4 is 44.2 Å². The van der Waals surface area contributed by atoms with Crippen molar-refractivity contribution in [3.63, 3.8) is 0 Å². The Bertz CT molecular complexity index is 728. The number of benzene rings is 1. The van der Waals surface area contributed by atoms with Gasteiger partial charge in [0.2, 0.25) is 0 Å². The molecular weight excluding hydrogens is 296 g/mol. The van der Waals surface area contributed by atoms with E-state index in [2.05, 4.69) is 21.2 Å². The van der Waals surface area contributed by atoms with E-state index in [9.17, 15) is 9.59 Å². The molecule has 2 aromatic rings. The summed E-state index contributed by atoms with van der Waals surface area (Å²) in [6.45, 7) is 0. The van der Waals surface area contributed by atoms with Crippen LogP contribution in [0.25, 0.3) is 16.5 Å². The molecule has 4 nitrogen and oxygen atoms in total. The molecule has 1 aromatic heterocycles. The summed E-state index contributed by atoms with van der Waals surface area (Å²) >= 11 is 3.42. The summed E-state index contributed by atoms with van der Waals surface area (Å²) < 4.78 is 2.91. The minimum atomic E-state index is -0.357. The number of nitrogens with zero attached hydrogens (tertiary/aromatic N) is 1. The second-order valence-corrected chi connectivity index (χ2v) is 5.11. The van der Waals surface area contributed by atoms with Crippen LogP contribution in [0.2, 0.25) is 0 Å². The highest BCUT2D eigenvalue weighted by Crippen LogP contribution is 2.30. The number of carbonyl (C=O) groups excluding carboxylic acids is 2. The summed E-state index contributed by atoms with van der Waals surface area (Å²) in [7, 11) is 1.91. The molecule has 0 spiro atoms. The number of fused-ring (bicyclic) bond motifs is 1. The lowest BCUT2D eigenvalue weighted by Gasteiger charge is -1.98. The number of aryl methyl sites for hydroxylation is 1. The molecule has 3 rings (SSSR count). The van der Waals surface area contributed by atoms with Gasteiger partial charge in [0.15, 0.2) is 0 Å². The maximum Gasteiger partial charge on any atom is 0.258 e. The second-order valence-electron chi connectivity index (χ2n) is 4.19. The summed E-state index contributed by atoms with van der Waals surface area (Å²) in [5.41, 5.74) is 2.21. The molecule has 1 N–H and O–H groups in total. The molecule has 0 saturated carbocycles. The lowest BCUT2D eigenvalue weighted by Crippen LogP contribution is -2.21. The van der Waals surface area contributed by atoms with E-state index in [1.807, 2.05) is 36.0 Å². The number of carbonyl (C=O) groups is 2. The van der Waals surface area contributed by atoms with Crippen LogP contribution in [0.15, 0.2) is 34.9 Å². The van der Waals surface area contributed by atoms with Crippen molar-refractivity contribution in [2.75, 3.05) is 0 Å². The van der Waals surface area contributed by atoms with E-state index in [1.54, 1.807) is 0 Å². The fourth-order valence-electron chi connectivity index (χ4n) is 2.18. The molecule has 1 aliphatic heterocycles. The molecule has 0 bridgehead atoms. The Morgan fingerprint density at radius 2 is 2.06 bits per heavy atom. The Morgan fingerprint density at radius 1 is 1.28 bits per heavy atom. The van der Waals surface area contributed by atoms with Crippen LogP contribution >= 0.6 is 15.9 Å². The number of imide groups is 1. The van der Waals surface area contributed by atoms with E-state index in [0.29, 0.717) is 5.57 Å². The van der Waals surface area contributed by atoms with Gasteiger partial charge in [-0.25, -0.2) is 0 Å². The van der Waals surface area contributed by atoms with Crippen molar-refractivity contribution in [3.05, 3.63) is 40.5 Å². The van der Waals surface area contributed by atoms with Crippen LogP contribution in [-0.4, -0.2) is 16.4 Å². The minimum Gasteiger partial charge on any atom is -0.350 e. The third-order valence-electron chi connectivity index (χ3n) is 3.00. The Hall–Kier alpha value is -1.88. The van der Waals surface area contributed by atoms with Gasteiger partial charge in [-0.2, -0.15) is 0 Å². The highest BCUT2D eigenvalue weighted by molar-refractivity contribution is 9.10. The zero-order valence-electron chi connectivity index (χ0n) is 9.53. The maximum atomic E-state index is 11.7. The highest BCUT2D eigenvalue weighted by Gasteiger charge is 2.24. The number of hydrogen-bond acceptors (Lipinski definition) is 2. The normalized spacial score (nSPS) is 15.1. The SMILES string of the molecule is Cn1cc(C2=CC(=O)NC2=O)c2ccc(Br)cc21. The third-order valence-corrected chi connectivity index (χ3v) is 3.49. The fraction of sp³-hybridized carbons (Fsp3) is 0.0769.